The van der Waals surface area contributed by atoms with Crippen molar-refractivity contribution in [1.82, 2.24) is 14.8 Å². The van der Waals surface area contributed by atoms with E-state index in [0.29, 0.717) is 19.0 Å². The average Bonchev–Trinajstić information content (AvgIpc) is 3.10. The molecule has 1 unspecified atom stereocenters. The highest BCUT2D eigenvalue weighted by atomic mass is 16.6. The van der Waals surface area contributed by atoms with Gasteiger partial charge in [-0.3, -0.25) is 4.90 Å². The first kappa shape index (κ1) is 20.4. The molecule has 2 aromatic rings. The Kier molecular flexibility index (Phi) is 6.39. The van der Waals surface area contributed by atoms with Gasteiger partial charge in [-0.05, 0) is 46.1 Å². The van der Waals surface area contributed by atoms with Gasteiger partial charge in [0.1, 0.15) is 5.60 Å². The minimum atomic E-state index is -0.467. The van der Waals surface area contributed by atoms with Crippen molar-refractivity contribution in [3.05, 3.63) is 42.4 Å². The standard InChI is InChI=1S/C22H31N3O3/c1-22(2,3)28-21(26)24(4)14-17-9-8-12-25(15-17)16-20-23-13-19(27-20)18-10-6-5-7-11-18/h5-7,10-11,13,17H,8-9,12,14-16H2,1-4H3. The molecule has 28 heavy (non-hydrogen) atoms. The van der Waals surface area contributed by atoms with Crippen LogP contribution in [0.15, 0.2) is 40.9 Å². The minimum absolute atomic E-state index is 0.259. The molecule has 6 heteroatoms. The Hall–Kier alpha value is -2.34. The summed E-state index contributed by atoms with van der Waals surface area (Å²) in [7, 11) is 1.81. The van der Waals surface area contributed by atoms with Crippen molar-refractivity contribution in [3.63, 3.8) is 0 Å². The molecule has 0 spiro atoms. The first-order chi connectivity index (χ1) is 13.3. The minimum Gasteiger partial charge on any atom is -0.444 e. The number of amides is 1. The van der Waals surface area contributed by atoms with E-state index in [1.165, 1.54) is 0 Å². The Morgan fingerprint density at radius 2 is 2.07 bits per heavy atom. The van der Waals surface area contributed by atoms with E-state index in [1.54, 1.807) is 11.1 Å². The third kappa shape index (κ3) is 5.83. The van der Waals surface area contributed by atoms with Crippen LogP contribution in [0.25, 0.3) is 11.3 Å². The molecule has 0 aliphatic carbocycles. The van der Waals surface area contributed by atoms with Crippen molar-refractivity contribution in [2.24, 2.45) is 5.92 Å². The highest BCUT2D eigenvalue weighted by Gasteiger charge is 2.26. The van der Waals surface area contributed by atoms with E-state index in [4.69, 9.17) is 9.15 Å². The topological polar surface area (TPSA) is 58.8 Å². The number of benzene rings is 1. The second-order valence-corrected chi connectivity index (χ2v) is 8.59. The van der Waals surface area contributed by atoms with Gasteiger partial charge in [0, 0.05) is 25.7 Å². The molecule has 1 amide bonds. The fourth-order valence-corrected chi connectivity index (χ4v) is 3.56. The normalized spacial score (nSPS) is 18.1. The Morgan fingerprint density at radius 3 is 2.79 bits per heavy atom. The summed E-state index contributed by atoms with van der Waals surface area (Å²) in [5.74, 6) is 1.96. The van der Waals surface area contributed by atoms with E-state index >= 15 is 0 Å². The number of aromatic nitrogens is 1. The molecule has 1 aromatic carbocycles. The zero-order valence-electron chi connectivity index (χ0n) is 17.4. The number of carbonyl (C=O) groups is 1. The summed E-state index contributed by atoms with van der Waals surface area (Å²) in [6.07, 6.45) is 3.76. The van der Waals surface area contributed by atoms with Crippen LogP contribution in [-0.2, 0) is 11.3 Å². The van der Waals surface area contributed by atoms with Crippen molar-refractivity contribution < 1.29 is 13.9 Å². The van der Waals surface area contributed by atoms with Crippen molar-refractivity contribution in [3.8, 4) is 11.3 Å². The maximum Gasteiger partial charge on any atom is 0.410 e. The molecule has 2 heterocycles. The quantitative estimate of drug-likeness (QED) is 0.762. The molecule has 3 rings (SSSR count). The predicted octanol–water partition coefficient (Wildman–Crippen LogP) is 4.42. The zero-order valence-corrected chi connectivity index (χ0v) is 17.4. The number of carbonyl (C=O) groups excluding carboxylic acids is 1. The molecule has 0 N–H and O–H groups in total. The van der Waals surface area contributed by atoms with Crippen LogP contribution in [0.3, 0.4) is 0 Å². The van der Waals surface area contributed by atoms with Crippen LogP contribution in [0.1, 0.15) is 39.5 Å². The lowest BCUT2D eigenvalue weighted by atomic mass is 9.97. The van der Waals surface area contributed by atoms with Gasteiger partial charge in [-0.2, -0.15) is 0 Å². The number of likely N-dealkylation sites (tertiary alicyclic amines) is 1. The summed E-state index contributed by atoms with van der Waals surface area (Å²) in [4.78, 5) is 20.7. The van der Waals surface area contributed by atoms with Gasteiger partial charge in [-0.1, -0.05) is 30.3 Å². The number of piperidine rings is 1. The van der Waals surface area contributed by atoms with Crippen LogP contribution >= 0.6 is 0 Å². The monoisotopic (exact) mass is 385 g/mol. The number of nitrogens with zero attached hydrogens (tertiary/aromatic N) is 3. The van der Waals surface area contributed by atoms with Gasteiger partial charge in [-0.15, -0.1) is 0 Å². The van der Waals surface area contributed by atoms with Crippen molar-refractivity contribution >= 4 is 6.09 Å². The van der Waals surface area contributed by atoms with Crippen LogP contribution in [0, 0.1) is 5.92 Å². The predicted molar refractivity (Wildman–Crippen MR) is 109 cm³/mol. The van der Waals surface area contributed by atoms with Gasteiger partial charge in [0.2, 0.25) is 5.89 Å². The summed E-state index contributed by atoms with van der Waals surface area (Å²) in [6.45, 7) is 9.01. The summed E-state index contributed by atoms with van der Waals surface area (Å²) in [5.41, 5.74) is 0.572. The highest BCUT2D eigenvalue weighted by Crippen LogP contribution is 2.23. The molecule has 1 aliphatic rings. The van der Waals surface area contributed by atoms with Crippen molar-refractivity contribution in [2.75, 3.05) is 26.7 Å². The van der Waals surface area contributed by atoms with Gasteiger partial charge in [0.05, 0.1) is 12.7 Å². The fraction of sp³-hybridized carbons (Fsp3) is 0.545. The Labute approximate surface area is 167 Å². The maximum absolute atomic E-state index is 12.2. The van der Waals surface area contributed by atoms with Gasteiger partial charge < -0.3 is 14.1 Å². The molecule has 1 atom stereocenters. The van der Waals surface area contributed by atoms with Gasteiger partial charge in [-0.25, -0.2) is 9.78 Å². The molecule has 0 saturated carbocycles. The summed E-state index contributed by atoms with van der Waals surface area (Å²) >= 11 is 0. The van der Waals surface area contributed by atoms with Gasteiger partial charge >= 0.3 is 6.09 Å². The zero-order chi connectivity index (χ0) is 20.1. The number of hydrogen-bond acceptors (Lipinski definition) is 5. The van der Waals surface area contributed by atoms with E-state index in [9.17, 15) is 4.79 Å². The molecular weight excluding hydrogens is 354 g/mol. The van der Waals surface area contributed by atoms with Crippen LogP contribution in [0.5, 0.6) is 0 Å². The molecule has 1 aromatic heterocycles. The number of rotatable bonds is 5. The molecule has 152 valence electrons. The lowest BCUT2D eigenvalue weighted by molar-refractivity contribution is 0.0239. The molecule has 1 fully saturated rings. The smallest absolute Gasteiger partial charge is 0.410 e. The fourth-order valence-electron chi connectivity index (χ4n) is 3.56. The summed E-state index contributed by atoms with van der Waals surface area (Å²) in [5, 5.41) is 0. The Balaban J connectivity index is 1.53. The second kappa shape index (κ2) is 8.78. The molecule has 1 aliphatic heterocycles. The third-order valence-electron chi connectivity index (χ3n) is 4.81. The van der Waals surface area contributed by atoms with Crippen LogP contribution in [0.4, 0.5) is 4.79 Å². The Bertz CT molecular complexity index is 767. The van der Waals surface area contributed by atoms with E-state index in [2.05, 4.69) is 9.88 Å². The van der Waals surface area contributed by atoms with Crippen LogP contribution in [-0.4, -0.2) is 53.2 Å². The molecule has 1 saturated heterocycles. The number of ether oxygens (including phenoxy) is 1. The van der Waals surface area contributed by atoms with E-state index in [-0.39, 0.29) is 6.09 Å². The second-order valence-electron chi connectivity index (χ2n) is 8.59. The average molecular weight is 386 g/mol. The van der Waals surface area contributed by atoms with Gasteiger partial charge in [0.15, 0.2) is 5.76 Å². The molecule has 6 nitrogen and oxygen atoms in total. The first-order valence-corrected chi connectivity index (χ1v) is 9.97. The summed E-state index contributed by atoms with van der Waals surface area (Å²) < 4.78 is 11.4. The highest BCUT2D eigenvalue weighted by molar-refractivity contribution is 5.67. The number of hydrogen-bond donors (Lipinski definition) is 0. The SMILES string of the molecule is CN(CC1CCCN(Cc2ncc(-c3ccccc3)o2)C1)C(=O)OC(C)(C)C. The summed E-state index contributed by atoms with van der Waals surface area (Å²) in [6, 6.07) is 10.0. The number of oxazole rings is 1. The largest absolute Gasteiger partial charge is 0.444 e. The maximum atomic E-state index is 12.2. The lowest BCUT2D eigenvalue weighted by Crippen LogP contribution is -2.42. The van der Waals surface area contributed by atoms with Gasteiger partial charge in [0.25, 0.3) is 0 Å². The first-order valence-electron chi connectivity index (χ1n) is 9.97. The lowest BCUT2D eigenvalue weighted by Gasteiger charge is -2.34. The van der Waals surface area contributed by atoms with Crippen LogP contribution in [0.2, 0.25) is 0 Å². The molecule has 0 bridgehead atoms. The van der Waals surface area contributed by atoms with E-state index < -0.39 is 5.60 Å². The van der Waals surface area contributed by atoms with Crippen molar-refractivity contribution in [1.29, 1.82) is 0 Å². The Morgan fingerprint density at radius 1 is 1.32 bits per heavy atom. The van der Waals surface area contributed by atoms with E-state index in [1.807, 2.05) is 58.2 Å². The van der Waals surface area contributed by atoms with Crippen LogP contribution < -0.4 is 0 Å². The van der Waals surface area contributed by atoms with E-state index in [0.717, 1.165) is 43.1 Å². The van der Waals surface area contributed by atoms with Crippen molar-refractivity contribution in [2.45, 2.75) is 45.8 Å². The molecular formula is C22H31N3O3. The molecule has 0 radical (unpaired) electrons. The third-order valence-corrected chi connectivity index (χ3v) is 4.81.